The van der Waals surface area contributed by atoms with Crippen LogP contribution in [0.1, 0.15) is 40.7 Å². The Bertz CT molecular complexity index is 2370. The predicted octanol–water partition coefficient (Wildman–Crippen LogP) is 3.05. The number of aryl methyl sites for hydroxylation is 1. The molecule has 13 nitrogen and oxygen atoms in total. The topological polar surface area (TPSA) is 149 Å². The lowest BCUT2D eigenvalue weighted by Crippen LogP contribution is -2.58. The molecule has 1 N–H and O–H groups in total. The molecule has 48 heavy (non-hydrogen) atoms. The number of ketones is 2. The van der Waals surface area contributed by atoms with Gasteiger partial charge in [-0.2, -0.15) is 0 Å². The number of hydrogen-bond donors (Lipinski definition) is 1. The van der Waals surface area contributed by atoms with Crippen molar-refractivity contribution in [1.82, 2.24) is 13.7 Å². The Labute approximate surface area is 277 Å². The van der Waals surface area contributed by atoms with Crippen molar-refractivity contribution in [3.05, 3.63) is 94.5 Å². The number of Topliss-reactive ketones (excluding diaryl/α,β-unsaturated/α-hetero) is 2. The fourth-order valence-electron chi connectivity index (χ4n) is 7.30. The summed E-state index contributed by atoms with van der Waals surface area (Å²) in [6.45, 7) is 1.70. The van der Waals surface area contributed by atoms with E-state index < -0.39 is 45.8 Å². The first-order valence-corrected chi connectivity index (χ1v) is 15.4. The molecule has 2 aliphatic heterocycles. The molecule has 1 aliphatic carbocycles. The highest BCUT2D eigenvalue weighted by Gasteiger charge is 2.64. The second-order valence-electron chi connectivity index (χ2n) is 12.2. The van der Waals surface area contributed by atoms with Gasteiger partial charge in [-0.15, -0.1) is 0 Å². The summed E-state index contributed by atoms with van der Waals surface area (Å²) < 4.78 is 26.2. The van der Waals surface area contributed by atoms with Crippen molar-refractivity contribution in [3.8, 4) is 23.0 Å². The van der Waals surface area contributed by atoms with Crippen LogP contribution in [-0.4, -0.2) is 52.2 Å². The number of benzene rings is 2. The van der Waals surface area contributed by atoms with Crippen LogP contribution in [0.3, 0.4) is 0 Å². The van der Waals surface area contributed by atoms with E-state index in [0.29, 0.717) is 22.3 Å². The Hall–Kier alpha value is -5.30. The number of halogens is 1. The molecule has 3 atom stereocenters. The number of ether oxygens (including phenoxy) is 4. The van der Waals surface area contributed by atoms with Gasteiger partial charge in [0.1, 0.15) is 33.7 Å². The maximum absolute atomic E-state index is 15.2. The third-order valence-electron chi connectivity index (χ3n) is 9.85. The van der Waals surface area contributed by atoms with Gasteiger partial charge < -0.3 is 28.8 Å². The predicted molar refractivity (Wildman–Crippen MR) is 176 cm³/mol. The lowest BCUT2D eigenvalue weighted by atomic mass is 9.66. The Morgan fingerprint density at radius 2 is 1.58 bits per heavy atom. The molecule has 0 amide bonds. The molecule has 0 bridgehead atoms. The fraction of sp³-hybridized carbons (Fsp3) is 0.324. The number of hydrogen-bond acceptors (Lipinski definition) is 10. The number of fused-ring (bicyclic) bond motifs is 3. The van der Waals surface area contributed by atoms with Gasteiger partial charge >= 0.3 is 5.69 Å². The van der Waals surface area contributed by atoms with Gasteiger partial charge in [0.05, 0.1) is 38.3 Å². The molecule has 14 heteroatoms. The van der Waals surface area contributed by atoms with E-state index >= 15 is 4.79 Å². The third-order valence-corrected chi connectivity index (χ3v) is 10.2. The standard InChI is InChI=1S/C34H31ClN4O9/c1-14-10-18-23(28(40)34(14)29(41)24-20(46-6)13-21(47-7)26(35)27(24)48-34)22(25-30(36-18)38(3)33(44)39(4)32(25)43)17-11-15-8-9-16(45-5)12-19(15)37(2)31(17)42/h8-9,11-14,22,36H,10H2,1-7H3/t14-,22?,34+/m1/s1. The first kappa shape index (κ1) is 31.3. The number of pyridine rings is 1. The molecule has 0 saturated heterocycles. The van der Waals surface area contributed by atoms with E-state index in [9.17, 15) is 19.2 Å². The van der Waals surface area contributed by atoms with Crippen LogP contribution < -0.4 is 41.1 Å². The summed E-state index contributed by atoms with van der Waals surface area (Å²) in [5, 5.41) is 3.79. The molecule has 3 aliphatic rings. The number of carbonyl (C=O) groups excluding carboxylic acids is 2. The van der Waals surface area contributed by atoms with Gasteiger partial charge in [0.15, 0.2) is 5.75 Å². The maximum atomic E-state index is 15.2. The van der Waals surface area contributed by atoms with Crippen molar-refractivity contribution >= 4 is 39.9 Å². The van der Waals surface area contributed by atoms with Crippen LogP contribution in [0.25, 0.3) is 10.9 Å². The SMILES string of the molecule is COc1ccc2cc(C3C4=C(C[C@@H](C)[C@]5(Oc6c(Cl)c(OC)cc(OC)c6C5=O)C4=O)Nc4c3c(=O)n(C)c(=O)n4C)c(=O)n(C)c2c1. The van der Waals surface area contributed by atoms with E-state index in [1.807, 2.05) is 0 Å². The minimum Gasteiger partial charge on any atom is -0.497 e. The largest absolute Gasteiger partial charge is 0.497 e. The van der Waals surface area contributed by atoms with Crippen LogP contribution >= 0.6 is 11.6 Å². The number of nitrogens with zero attached hydrogens (tertiary/aromatic N) is 3. The van der Waals surface area contributed by atoms with Crippen LogP contribution in [0.2, 0.25) is 5.02 Å². The highest BCUT2D eigenvalue weighted by Crippen LogP contribution is 2.56. The summed E-state index contributed by atoms with van der Waals surface area (Å²) in [7, 11) is 8.69. The highest BCUT2D eigenvalue weighted by atomic mass is 35.5. The van der Waals surface area contributed by atoms with Crippen molar-refractivity contribution in [2.45, 2.75) is 24.9 Å². The molecule has 2 aromatic carbocycles. The second-order valence-corrected chi connectivity index (χ2v) is 12.6. The molecular weight excluding hydrogens is 644 g/mol. The Morgan fingerprint density at radius 1 is 0.875 bits per heavy atom. The molecule has 248 valence electrons. The van der Waals surface area contributed by atoms with E-state index in [1.54, 1.807) is 38.2 Å². The Morgan fingerprint density at radius 3 is 2.25 bits per heavy atom. The third kappa shape index (κ3) is 3.87. The molecule has 4 aromatic rings. The number of carbonyl (C=O) groups is 2. The van der Waals surface area contributed by atoms with Crippen LogP contribution in [0, 0.1) is 5.92 Å². The molecule has 2 aromatic heterocycles. The summed E-state index contributed by atoms with van der Waals surface area (Å²) >= 11 is 6.64. The number of aromatic nitrogens is 3. The number of rotatable bonds is 4. The fourth-order valence-corrected chi connectivity index (χ4v) is 7.57. The first-order valence-electron chi connectivity index (χ1n) is 15.0. The quantitative estimate of drug-likeness (QED) is 0.320. The summed E-state index contributed by atoms with van der Waals surface area (Å²) in [4.78, 5) is 71.1. The van der Waals surface area contributed by atoms with Gasteiger partial charge in [-0.1, -0.05) is 18.5 Å². The van der Waals surface area contributed by atoms with Crippen LogP contribution in [0.4, 0.5) is 5.82 Å². The van der Waals surface area contributed by atoms with Crippen molar-refractivity contribution in [2.24, 2.45) is 27.1 Å². The zero-order valence-electron chi connectivity index (χ0n) is 27.1. The van der Waals surface area contributed by atoms with E-state index in [2.05, 4.69) is 5.32 Å². The van der Waals surface area contributed by atoms with Gasteiger partial charge in [-0.25, -0.2) is 4.79 Å². The minimum absolute atomic E-state index is 0.00149. The summed E-state index contributed by atoms with van der Waals surface area (Å²) in [5.41, 5.74) is -2.89. The number of anilines is 1. The average Bonchev–Trinajstić information content (AvgIpc) is 3.40. The number of nitrogens with one attached hydrogen (secondary N) is 1. The number of methoxy groups -OCH3 is 3. The summed E-state index contributed by atoms with van der Waals surface area (Å²) in [6, 6.07) is 8.28. The van der Waals surface area contributed by atoms with Crippen molar-refractivity contribution < 1.29 is 28.5 Å². The van der Waals surface area contributed by atoms with E-state index in [4.69, 9.17) is 30.5 Å². The zero-order chi connectivity index (χ0) is 34.6. The van der Waals surface area contributed by atoms with Crippen molar-refractivity contribution in [3.63, 3.8) is 0 Å². The minimum atomic E-state index is -2.11. The average molecular weight is 675 g/mol. The smallest absolute Gasteiger partial charge is 0.332 e. The molecular formula is C34H31ClN4O9. The monoisotopic (exact) mass is 674 g/mol. The molecule has 0 saturated carbocycles. The van der Waals surface area contributed by atoms with E-state index in [1.165, 1.54) is 50.6 Å². The normalized spacial score (nSPS) is 21.1. The highest BCUT2D eigenvalue weighted by molar-refractivity contribution is 6.36. The molecule has 1 spiro atoms. The molecule has 0 fully saturated rings. The van der Waals surface area contributed by atoms with Crippen molar-refractivity contribution in [2.75, 3.05) is 26.6 Å². The van der Waals surface area contributed by atoms with Crippen LogP contribution in [0.15, 0.2) is 56.0 Å². The first-order chi connectivity index (χ1) is 22.8. The van der Waals surface area contributed by atoms with Gasteiger partial charge in [0.25, 0.3) is 11.1 Å². The van der Waals surface area contributed by atoms with Gasteiger partial charge in [0, 0.05) is 56.0 Å². The maximum Gasteiger partial charge on any atom is 0.332 e. The Balaban J connectivity index is 1.53. The van der Waals surface area contributed by atoms with Gasteiger partial charge in [-0.3, -0.25) is 28.3 Å². The zero-order valence-corrected chi connectivity index (χ0v) is 27.9. The Kier molecular flexibility index (Phi) is 6.92. The number of allylic oxidation sites excluding steroid dienone is 1. The van der Waals surface area contributed by atoms with E-state index in [-0.39, 0.29) is 56.8 Å². The molecule has 1 unspecified atom stereocenters. The summed E-state index contributed by atoms with van der Waals surface area (Å²) in [6.07, 6.45) is 0.0856. The van der Waals surface area contributed by atoms with Crippen LogP contribution in [-0.2, 0) is 25.9 Å². The summed E-state index contributed by atoms with van der Waals surface area (Å²) in [5.74, 6) is -2.54. The van der Waals surface area contributed by atoms with Crippen LogP contribution in [0.5, 0.6) is 23.0 Å². The second kappa shape index (κ2) is 10.6. The molecule has 4 heterocycles. The van der Waals surface area contributed by atoms with Crippen molar-refractivity contribution in [1.29, 1.82) is 0 Å². The van der Waals surface area contributed by atoms with E-state index in [0.717, 1.165) is 4.57 Å². The van der Waals surface area contributed by atoms with Gasteiger partial charge in [-0.05, 0) is 30.0 Å². The lowest BCUT2D eigenvalue weighted by Gasteiger charge is -2.42. The van der Waals surface area contributed by atoms with Gasteiger partial charge in [0.2, 0.25) is 17.2 Å². The molecule has 7 rings (SSSR count). The lowest BCUT2D eigenvalue weighted by molar-refractivity contribution is -0.130. The molecule has 0 radical (unpaired) electrons.